The van der Waals surface area contributed by atoms with Crippen molar-refractivity contribution in [2.45, 2.75) is 103 Å². The Hall–Kier alpha value is -0.910. The van der Waals surface area contributed by atoms with E-state index in [1.807, 2.05) is 6.92 Å². The van der Waals surface area contributed by atoms with Crippen LogP contribution in [0.5, 0.6) is 0 Å². The molecule has 1 N–H and O–H groups in total. The highest BCUT2D eigenvalue weighted by Gasteiger charge is 2.43. The molecule has 5 nitrogen and oxygen atoms in total. The number of aliphatic hydroxyl groups is 1. The smallest absolute Gasteiger partial charge is 0.333 e. The maximum Gasteiger partial charge on any atom is 0.333 e. The molecule has 0 amide bonds. The Balaban J connectivity index is 1.53. The number of rotatable bonds is 6. The molecular formula is C23H38O5. The minimum absolute atomic E-state index is 0.0454. The van der Waals surface area contributed by atoms with Gasteiger partial charge in [0.2, 0.25) is 0 Å². The van der Waals surface area contributed by atoms with Crippen molar-refractivity contribution in [3.63, 3.8) is 0 Å². The normalized spacial score (nSPS) is 43.8. The van der Waals surface area contributed by atoms with Crippen LogP contribution in [-0.2, 0) is 19.0 Å². The Morgan fingerprint density at radius 2 is 1.68 bits per heavy atom. The van der Waals surface area contributed by atoms with Crippen molar-refractivity contribution in [1.29, 1.82) is 0 Å². The summed E-state index contributed by atoms with van der Waals surface area (Å²) in [6.45, 7) is 11.6. The number of hydrogen-bond acceptors (Lipinski definition) is 5. The number of esters is 1. The average Bonchev–Trinajstić information content (AvgIpc) is 3.12. The summed E-state index contributed by atoms with van der Waals surface area (Å²) >= 11 is 0. The average molecular weight is 395 g/mol. The second kappa shape index (κ2) is 9.27. The minimum Gasteiger partial charge on any atom is -0.458 e. The first-order valence-corrected chi connectivity index (χ1v) is 11.1. The van der Waals surface area contributed by atoms with Crippen LogP contribution in [0.4, 0.5) is 0 Å². The quantitative estimate of drug-likeness (QED) is 0.539. The van der Waals surface area contributed by atoms with Gasteiger partial charge < -0.3 is 19.3 Å². The van der Waals surface area contributed by atoms with Gasteiger partial charge in [-0.05, 0) is 89.4 Å². The van der Waals surface area contributed by atoms with E-state index in [4.69, 9.17) is 14.2 Å². The van der Waals surface area contributed by atoms with Crippen molar-refractivity contribution >= 4 is 5.97 Å². The first kappa shape index (κ1) is 21.8. The number of carbonyl (C=O) groups is 1. The van der Waals surface area contributed by atoms with Gasteiger partial charge in [-0.3, -0.25) is 0 Å². The molecule has 2 aliphatic carbocycles. The van der Waals surface area contributed by atoms with Crippen LogP contribution in [0.3, 0.4) is 0 Å². The Bertz CT molecular complexity index is 551. The van der Waals surface area contributed by atoms with Gasteiger partial charge in [0.25, 0.3) is 0 Å². The van der Waals surface area contributed by atoms with Crippen LogP contribution in [0, 0.1) is 23.7 Å². The standard InChI is InChI=1S/C23H38O5/c1-13(2)23(25)28-22-14(3)6-7-19(22)11-17-8-9-18(21(17)24)12-20-10-15(4)26-16(5)27-20/h14-22,24H,1,6-12H2,2-5H3. The van der Waals surface area contributed by atoms with Crippen molar-refractivity contribution in [2.75, 3.05) is 0 Å². The molecule has 9 atom stereocenters. The maximum absolute atomic E-state index is 12.0. The highest BCUT2D eigenvalue weighted by Crippen LogP contribution is 2.44. The molecule has 0 aromatic rings. The zero-order valence-corrected chi connectivity index (χ0v) is 17.9. The molecule has 0 spiro atoms. The molecule has 3 rings (SSSR count). The lowest BCUT2D eigenvalue weighted by atomic mass is 9.86. The Morgan fingerprint density at radius 3 is 2.32 bits per heavy atom. The van der Waals surface area contributed by atoms with E-state index in [9.17, 15) is 9.90 Å². The fourth-order valence-electron chi connectivity index (χ4n) is 5.62. The first-order chi connectivity index (χ1) is 13.2. The monoisotopic (exact) mass is 394 g/mol. The van der Waals surface area contributed by atoms with Crippen LogP contribution in [-0.4, -0.2) is 41.8 Å². The summed E-state index contributed by atoms with van der Waals surface area (Å²) < 4.78 is 17.4. The fourth-order valence-corrected chi connectivity index (χ4v) is 5.62. The number of ether oxygens (including phenoxy) is 3. The van der Waals surface area contributed by atoms with Crippen LogP contribution >= 0.6 is 0 Å². The Labute approximate surface area is 169 Å². The van der Waals surface area contributed by atoms with Crippen molar-refractivity contribution in [3.8, 4) is 0 Å². The van der Waals surface area contributed by atoms with Crippen molar-refractivity contribution < 1.29 is 24.1 Å². The van der Waals surface area contributed by atoms with E-state index in [0.717, 1.165) is 44.9 Å². The predicted molar refractivity (Wildman–Crippen MR) is 108 cm³/mol. The zero-order chi connectivity index (χ0) is 20.4. The van der Waals surface area contributed by atoms with E-state index in [1.54, 1.807) is 6.92 Å². The Kier molecular flexibility index (Phi) is 7.21. The summed E-state index contributed by atoms with van der Waals surface area (Å²) in [5, 5.41) is 11.0. The van der Waals surface area contributed by atoms with Crippen molar-refractivity contribution in [1.82, 2.24) is 0 Å². The van der Waals surface area contributed by atoms with Crippen LogP contribution in [0.2, 0.25) is 0 Å². The van der Waals surface area contributed by atoms with Gasteiger partial charge in [0.15, 0.2) is 6.29 Å². The molecule has 1 heterocycles. The van der Waals surface area contributed by atoms with Gasteiger partial charge in [-0.1, -0.05) is 13.5 Å². The summed E-state index contributed by atoms with van der Waals surface area (Å²) in [6, 6.07) is 0. The third-order valence-corrected chi connectivity index (χ3v) is 7.06. The van der Waals surface area contributed by atoms with Crippen molar-refractivity contribution in [2.24, 2.45) is 23.7 Å². The van der Waals surface area contributed by atoms with Gasteiger partial charge >= 0.3 is 5.97 Å². The second-order valence-corrected chi connectivity index (χ2v) is 9.53. The van der Waals surface area contributed by atoms with Gasteiger partial charge in [-0.25, -0.2) is 4.79 Å². The highest BCUT2D eigenvalue weighted by atomic mass is 16.7. The highest BCUT2D eigenvalue weighted by molar-refractivity contribution is 5.87. The van der Waals surface area contributed by atoms with E-state index in [1.165, 1.54) is 0 Å². The van der Waals surface area contributed by atoms with E-state index in [0.29, 0.717) is 29.2 Å². The molecule has 0 aromatic carbocycles. The van der Waals surface area contributed by atoms with Crippen LogP contribution < -0.4 is 0 Å². The van der Waals surface area contributed by atoms with Gasteiger partial charge in [-0.2, -0.15) is 0 Å². The lowest BCUT2D eigenvalue weighted by molar-refractivity contribution is -0.233. The minimum atomic E-state index is -0.287. The van der Waals surface area contributed by atoms with Crippen LogP contribution in [0.1, 0.15) is 72.6 Å². The molecule has 160 valence electrons. The molecule has 0 radical (unpaired) electrons. The molecule has 5 heteroatoms. The van der Waals surface area contributed by atoms with Crippen LogP contribution in [0.15, 0.2) is 12.2 Å². The number of aliphatic hydroxyl groups excluding tert-OH is 1. The molecule has 1 aliphatic heterocycles. The summed E-state index contributed by atoms with van der Waals surface area (Å²) in [5.41, 5.74) is 0.457. The fraction of sp³-hybridized carbons (Fsp3) is 0.870. The maximum atomic E-state index is 12.0. The molecule has 3 fully saturated rings. The first-order valence-electron chi connectivity index (χ1n) is 11.1. The second-order valence-electron chi connectivity index (χ2n) is 9.53. The van der Waals surface area contributed by atoms with Crippen molar-refractivity contribution in [3.05, 3.63) is 12.2 Å². The van der Waals surface area contributed by atoms with Gasteiger partial charge in [0, 0.05) is 5.57 Å². The molecule has 0 aromatic heterocycles. The predicted octanol–water partition coefficient (Wildman–Crippen LogP) is 4.23. The molecule has 2 saturated carbocycles. The van der Waals surface area contributed by atoms with Gasteiger partial charge in [0.1, 0.15) is 6.10 Å². The third kappa shape index (κ3) is 5.17. The largest absolute Gasteiger partial charge is 0.458 e. The zero-order valence-electron chi connectivity index (χ0n) is 17.9. The van der Waals surface area contributed by atoms with Gasteiger partial charge in [0.05, 0.1) is 18.3 Å². The molecule has 1 saturated heterocycles. The van der Waals surface area contributed by atoms with E-state index >= 15 is 0 Å². The van der Waals surface area contributed by atoms with E-state index in [2.05, 4.69) is 20.4 Å². The summed E-state index contributed by atoms with van der Waals surface area (Å²) in [6.07, 6.45) is 6.89. The lowest BCUT2D eigenvalue weighted by Crippen LogP contribution is -2.37. The number of hydrogen-bond donors (Lipinski definition) is 1. The molecule has 3 aliphatic rings. The molecular weight excluding hydrogens is 356 g/mol. The van der Waals surface area contributed by atoms with Crippen LogP contribution in [0.25, 0.3) is 0 Å². The topological polar surface area (TPSA) is 65.0 Å². The van der Waals surface area contributed by atoms with E-state index < -0.39 is 0 Å². The molecule has 0 bridgehead atoms. The Morgan fingerprint density at radius 1 is 1.04 bits per heavy atom. The number of carbonyl (C=O) groups excluding carboxylic acids is 1. The molecule has 28 heavy (non-hydrogen) atoms. The third-order valence-electron chi connectivity index (χ3n) is 7.06. The summed E-state index contributed by atoms with van der Waals surface area (Å²) in [7, 11) is 0. The SMILES string of the molecule is C=C(C)C(=O)OC1C(C)CCC1CC1CCC(CC2CC(C)OC(C)O2)C1O. The van der Waals surface area contributed by atoms with Gasteiger partial charge in [-0.15, -0.1) is 0 Å². The summed E-state index contributed by atoms with van der Waals surface area (Å²) in [5.74, 6) is 1.02. The molecule has 9 unspecified atom stereocenters. The lowest BCUT2D eigenvalue weighted by Gasteiger charge is -2.34. The van der Waals surface area contributed by atoms with E-state index in [-0.39, 0.29) is 36.7 Å². The summed E-state index contributed by atoms with van der Waals surface area (Å²) in [4.78, 5) is 12.0.